The first-order valence-electron chi connectivity index (χ1n) is 4.71. The summed E-state index contributed by atoms with van der Waals surface area (Å²) in [4.78, 5) is 0. The molecule has 0 aliphatic rings. The Hall–Kier alpha value is -1.18. The average molecular weight is 357 g/mol. The van der Waals surface area contributed by atoms with Crippen molar-refractivity contribution in [2.24, 2.45) is 0 Å². The van der Waals surface area contributed by atoms with Crippen LogP contribution in [0.2, 0.25) is 0 Å². The molecule has 5 nitrogen and oxygen atoms in total. The second-order valence-electron chi connectivity index (χ2n) is 3.17. The number of halogens is 6. The van der Waals surface area contributed by atoms with Crippen molar-refractivity contribution < 1.29 is 43.3 Å². The number of nitrogens with zero attached hydrogens (tertiary/aromatic N) is 1. The molecule has 1 aromatic carbocycles. The SMILES string of the molecule is O=S(=O)(ON(OSC(F)(F)F)c1ccccc1)C(F)(F)F. The fourth-order valence-corrected chi connectivity index (χ4v) is 1.54. The summed E-state index contributed by atoms with van der Waals surface area (Å²) in [6.45, 7) is 0. The van der Waals surface area contributed by atoms with Crippen molar-refractivity contribution in [1.29, 1.82) is 0 Å². The molecule has 0 bridgehead atoms. The molecule has 0 aliphatic carbocycles. The van der Waals surface area contributed by atoms with Crippen LogP contribution in [0.5, 0.6) is 0 Å². The van der Waals surface area contributed by atoms with Gasteiger partial charge in [-0.1, -0.05) is 23.4 Å². The second-order valence-corrected chi connectivity index (χ2v) is 5.47. The summed E-state index contributed by atoms with van der Waals surface area (Å²) in [5.74, 6) is 0. The molecule has 0 aromatic heterocycles. The molecule has 0 radical (unpaired) electrons. The van der Waals surface area contributed by atoms with E-state index in [4.69, 9.17) is 0 Å². The third-order valence-electron chi connectivity index (χ3n) is 1.62. The molecule has 0 saturated heterocycles. The summed E-state index contributed by atoms with van der Waals surface area (Å²) in [5, 5.41) is -0.499. The zero-order valence-electron chi connectivity index (χ0n) is 9.55. The first kappa shape index (κ1) is 17.9. The Morgan fingerprint density at radius 1 is 1.00 bits per heavy atom. The van der Waals surface area contributed by atoms with Crippen LogP contribution in [0.25, 0.3) is 0 Å². The predicted molar refractivity (Wildman–Crippen MR) is 59.7 cm³/mol. The Balaban J connectivity index is 2.99. The average Bonchev–Trinajstić information content (AvgIpc) is 2.33. The van der Waals surface area contributed by atoms with E-state index in [1.807, 2.05) is 0 Å². The first-order chi connectivity index (χ1) is 9.42. The van der Waals surface area contributed by atoms with Crippen LogP contribution in [-0.2, 0) is 18.7 Å². The van der Waals surface area contributed by atoms with Crippen molar-refractivity contribution in [3.63, 3.8) is 0 Å². The highest BCUT2D eigenvalue weighted by Crippen LogP contribution is 2.35. The maximum atomic E-state index is 12.2. The summed E-state index contributed by atoms with van der Waals surface area (Å²) in [6, 6.07) is 5.77. The Morgan fingerprint density at radius 3 is 1.95 bits per heavy atom. The number of hydrogen-bond acceptors (Lipinski definition) is 6. The van der Waals surface area contributed by atoms with Gasteiger partial charge < -0.3 is 0 Å². The number of alkyl halides is 6. The molecular weight excluding hydrogens is 352 g/mol. The van der Waals surface area contributed by atoms with Gasteiger partial charge in [-0.25, -0.2) is 0 Å². The summed E-state index contributed by atoms with van der Waals surface area (Å²) < 4.78 is 101. The molecule has 0 saturated carbocycles. The minimum absolute atomic E-state index is 0.498. The third-order valence-corrected chi connectivity index (χ3v) is 2.91. The van der Waals surface area contributed by atoms with Gasteiger partial charge in [-0.2, -0.15) is 39.0 Å². The molecule has 0 spiro atoms. The van der Waals surface area contributed by atoms with Crippen LogP contribution < -0.4 is 5.23 Å². The summed E-state index contributed by atoms with van der Waals surface area (Å²) in [6.07, 6.45) is 0. The highest BCUT2D eigenvalue weighted by Gasteiger charge is 2.50. The van der Waals surface area contributed by atoms with Crippen molar-refractivity contribution in [2.45, 2.75) is 11.0 Å². The van der Waals surface area contributed by atoms with E-state index in [1.165, 1.54) is 18.2 Å². The molecule has 0 aliphatic heterocycles. The standard InChI is InChI=1S/C8H5F6NO4S2/c9-7(10,11)20-18-15(6-4-2-1-3-5-6)19-21(16,17)8(12,13)14/h1-5H. The maximum Gasteiger partial charge on any atom is 0.525 e. The van der Waals surface area contributed by atoms with E-state index in [1.54, 1.807) is 0 Å². The van der Waals surface area contributed by atoms with E-state index in [2.05, 4.69) is 8.57 Å². The van der Waals surface area contributed by atoms with Gasteiger partial charge in [-0.15, -0.1) is 4.28 Å². The van der Waals surface area contributed by atoms with Gasteiger partial charge in [0.15, 0.2) is 0 Å². The number of hydrogen-bond donors (Lipinski definition) is 0. The summed E-state index contributed by atoms with van der Waals surface area (Å²) in [5.41, 5.74) is -11.3. The topological polar surface area (TPSA) is 55.8 Å². The molecule has 0 atom stereocenters. The quantitative estimate of drug-likeness (QED) is 0.349. The van der Waals surface area contributed by atoms with E-state index in [0.29, 0.717) is 0 Å². The monoisotopic (exact) mass is 357 g/mol. The van der Waals surface area contributed by atoms with Crippen molar-refractivity contribution in [3.05, 3.63) is 30.3 Å². The fraction of sp³-hybridized carbons (Fsp3) is 0.250. The normalized spacial score (nSPS) is 13.2. The molecule has 0 heterocycles. The third kappa shape index (κ3) is 5.61. The van der Waals surface area contributed by atoms with Crippen LogP contribution in [0.1, 0.15) is 0 Å². The van der Waals surface area contributed by atoms with Crippen LogP contribution in [0.15, 0.2) is 30.3 Å². The van der Waals surface area contributed by atoms with Gasteiger partial charge in [0.2, 0.25) is 0 Å². The highest BCUT2D eigenvalue weighted by atomic mass is 32.2. The number of anilines is 1. The van der Waals surface area contributed by atoms with Gasteiger partial charge in [0, 0.05) is 0 Å². The molecule has 13 heteroatoms. The van der Waals surface area contributed by atoms with Crippen molar-refractivity contribution in [1.82, 2.24) is 0 Å². The Labute approximate surface area is 118 Å². The molecule has 0 fully saturated rings. The van der Waals surface area contributed by atoms with E-state index < -0.39 is 44.1 Å². The smallest absolute Gasteiger partial charge is 0.188 e. The van der Waals surface area contributed by atoms with Crippen LogP contribution >= 0.6 is 12.0 Å². The highest BCUT2D eigenvalue weighted by molar-refractivity contribution is 7.95. The zero-order valence-corrected chi connectivity index (χ0v) is 11.2. The van der Waals surface area contributed by atoms with E-state index in [0.717, 1.165) is 12.1 Å². The van der Waals surface area contributed by atoms with Crippen LogP contribution in [0, 0.1) is 0 Å². The summed E-state index contributed by atoms with van der Waals surface area (Å²) in [7, 11) is -6.19. The minimum Gasteiger partial charge on any atom is -0.188 e. The minimum atomic E-state index is -6.19. The van der Waals surface area contributed by atoms with E-state index in [9.17, 15) is 34.8 Å². The van der Waals surface area contributed by atoms with Crippen LogP contribution in [0.4, 0.5) is 32.0 Å². The van der Waals surface area contributed by atoms with E-state index in [-0.39, 0.29) is 0 Å². The van der Waals surface area contributed by atoms with E-state index >= 15 is 0 Å². The molecular formula is C8H5F6NO4S2. The first-order valence-corrected chi connectivity index (χ1v) is 6.86. The van der Waals surface area contributed by atoms with Gasteiger partial charge >= 0.3 is 21.1 Å². The molecule has 1 rings (SSSR count). The predicted octanol–water partition coefficient (Wildman–Crippen LogP) is 3.37. The largest absolute Gasteiger partial charge is 0.525 e. The molecule has 0 amide bonds. The maximum absolute atomic E-state index is 12.2. The molecule has 1 aromatic rings. The lowest BCUT2D eigenvalue weighted by Gasteiger charge is -2.21. The summed E-state index contributed by atoms with van der Waals surface area (Å²) >= 11 is -1.24. The lowest BCUT2D eigenvalue weighted by molar-refractivity contribution is -0.0651. The zero-order chi connectivity index (χ0) is 16.3. The Bertz CT molecular complexity index is 558. The van der Waals surface area contributed by atoms with Crippen LogP contribution in [0.3, 0.4) is 0 Å². The van der Waals surface area contributed by atoms with Crippen molar-refractivity contribution in [2.75, 3.05) is 5.23 Å². The van der Waals surface area contributed by atoms with Crippen molar-refractivity contribution >= 4 is 27.8 Å². The van der Waals surface area contributed by atoms with Gasteiger partial charge in [-0.3, -0.25) is 0 Å². The van der Waals surface area contributed by atoms with Gasteiger partial charge in [-0.05, 0) is 12.1 Å². The molecule has 21 heavy (non-hydrogen) atoms. The van der Waals surface area contributed by atoms with Gasteiger partial charge in [0.25, 0.3) is 0 Å². The molecule has 0 unspecified atom stereocenters. The number of rotatable bonds is 5. The Kier molecular flexibility index (Phi) is 5.35. The number of benzene rings is 1. The molecule has 0 N–H and O–H groups in total. The lowest BCUT2D eigenvalue weighted by Crippen LogP contribution is -2.34. The van der Waals surface area contributed by atoms with Crippen molar-refractivity contribution in [3.8, 4) is 0 Å². The van der Waals surface area contributed by atoms with Gasteiger partial charge in [0.1, 0.15) is 12.0 Å². The molecule has 120 valence electrons. The Morgan fingerprint density at radius 2 is 1.52 bits per heavy atom. The number of para-hydroxylation sites is 1. The lowest BCUT2D eigenvalue weighted by atomic mass is 10.3. The fourth-order valence-electron chi connectivity index (χ4n) is 0.856. The second kappa shape index (κ2) is 6.29. The van der Waals surface area contributed by atoms with Crippen LogP contribution in [-0.4, -0.2) is 19.4 Å². The van der Waals surface area contributed by atoms with Gasteiger partial charge in [0.05, 0.1) is 5.69 Å².